The Morgan fingerprint density at radius 3 is 2.46 bits per heavy atom. The van der Waals surface area contributed by atoms with Gasteiger partial charge in [0.15, 0.2) is 6.10 Å². The summed E-state index contributed by atoms with van der Waals surface area (Å²) in [4.78, 5) is 23.7. The summed E-state index contributed by atoms with van der Waals surface area (Å²) >= 11 is 5.81. The van der Waals surface area contributed by atoms with E-state index in [0.717, 1.165) is 0 Å². The second kappa shape index (κ2) is 8.48. The molecule has 0 spiro atoms. The van der Waals surface area contributed by atoms with Crippen molar-refractivity contribution in [3.63, 3.8) is 0 Å². The Balaban J connectivity index is 2.13. The minimum absolute atomic E-state index is 0.0126. The zero-order valence-electron chi connectivity index (χ0n) is 13.5. The summed E-state index contributed by atoms with van der Waals surface area (Å²) in [6.07, 6.45) is -1.06. The van der Waals surface area contributed by atoms with E-state index >= 15 is 0 Å². The van der Waals surface area contributed by atoms with Crippen molar-refractivity contribution in [3.05, 3.63) is 53.1 Å². The van der Waals surface area contributed by atoms with Crippen LogP contribution in [0.3, 0.4) is 0 Å². The molecular weight excluding hydrogens is 370 g/mol. The van der Waals surface area contributed by atoms with Gasteiger partial charge in [0.25, 0.3) is 11.8 Å². The third-order valence-electron chi connectivity index (χ3n) is 3.24. The van der Waals surface area contributed by atoms with Crippen LogP contribution < -0.4 is 20.5 Å². The Morgan fingerprint density at radius 1 is 1.12 bits per heavy atom. The maximum atomic E-state index is 12.4. The molecule has 0 fully saturated rings. The zero-order valence-corrected chi connectivity index (χ0v) is 14.3. The van der Waals surface area contributed by atoms with Crippen molar-refractivity contribution >= 4 is 29.1 Å². The lowest BCUT2D eigenvalue weighted by atomic mass is 10.2. The molecule has 9 heteroatoms. The van der Waals surface area contributed by atoms with E-state index in [4.69, 9.17) is 22.1 Å². The Kier molecular flexibility index (Phi) is 6.35. The number of primary amides is 1. The van der Waals surface area contributed by atoms with Gasteiger partial charge in [-0.1, -0.05) is 23.7 Å². The molecule has 0 saturated heterocycles. The molecule has 6 nitrogen and oxygen atoms in total. The molecule has 3 N–H and O–H groups in total. The van der Waals surface area contributed by atoms with Crippen LogP contribution in [0.5, 0.6) is 11.5 Å². The van der Waals surface area contributed by atoms with E-state index in [2.05, 4.69) is 10.1 Å². The summed E-state index contributed by atoms with van der Waals surface area (Å²) < 4.78 is 34.6. The largest absolute Gasteiger partial charge is 0.480 e. The van der Waals surface area contributed by atoms with Crippen LogP contribution in [-0.2, 0) is 4.79 Å². The van der Waals surface area contributed by atoms with Crippen molar-refractivity contribution < 1.29 is 27.8 Å². The van der Waals surface area contributed by atoms with E-state index in [-0.39, 0.29) is 27.8 Å². The molecule has 2 aromatic carbocycles. The molecule has 0 heterocycles. The first-order chi connectivity index (χ1) is 12.3. The summed E-state index contributed by atoms with van der Waals surface area (Å²) in [6, 6.07) is 9.91. The number of hydrogen-bond donors (Lipinski definition) is 2. The quantitative estimate of drug-likeness (QED) is 0.765. The number of amides is 2. The van der Waals surface area contributed by atoms with E-state index in [9.17, 15) is 18.4 Å². The molecule has 0 aliphatic carbocycles. The van der Waals surface area contributed by atoms with Crippen LogP contribution in [0.4, 0.5) is 14.5 Å². The minimum atomic E-state index is -3.03. The van der Waals surface area contributed by atoms with Crippen molar-refractivity contribution in [1.82, 2.24) is 0 Å². The van der Waals surface area contributed by atoms with Crippen LogP contribution in [0.25, 0.3) is 0 Å². The number of alkyl halides is 2. The second-order valence-electron chi connectivity index (χ2n) is 5.13. The normalized spacial score (nSPS) is 11.7. The van der Waals surface area contributed by atoms with Crippen LogP contribution in [0.2, 0.25) is 5.02 Å². The molecule has 2 aromatic rings. The van der Waals surface area contributed by atoms with E-state index in [1.54, 1.807) is 6.07 Å². The van der Waals surface area contributed by atoms with Crippen molar-refractivity contribution in [2.45, 2.75) is 19.6 Å². The predicted octanol–water partition coefficient (Wildman–Crippen LogP) is 3.45. The number of anilines is 1. The van der Waals surface area contributed by atoms with Crippen LogP contribution in [-0.4, -0.2) is 24.5 Å². The van der Waals surface area contributed by atoms with Gasteiger partial charge in [-0.2, -0.15) is 8.78 Å². The first-order valence-electron chi connectivity index (χ1n) is 7.38. The molecule has 2 amide bonds. The predicted molar refractivity (Wildman–Crippen MR) is 91.8 cm³/mol. The number of nitrogens with two attached hydrogens (primary N) is 1. The highest BCUT2D eigenvalue weighted by Gasteiger charge is 2.20. The maximum Gasteiger partial charge on any atom is 0.387 e. The van der Waals surface area contributed by atoms with Crippen molar-refractivity contribution in [2.24, 2.45) is 5.73 Å². The summed E-state index contributed by atoms with van der Waals surface area (Å²) in [5.41, 5.74) is 5.33. The van der Waals surface area contributed by atoms with Crippen LogP contribution in [0.15, 0.2) is 42.5 Å². The third kappa shape index (κ3) is 5.06. The fourth-order valence-corrected chi connectivity index (χ4v) is 2.22. The molecule has 0 saturated carbocycles. The monoisotopic (exact) mass is 384 g/mol. The molecule has 0 radical (unpaired) electrons. The van der Waals surface area contributed by atoms with Gasteiger partial charge >= 0.3 is 6.61 Å². The van der Waals surface area contributed by atoms with Gasteiger partial charge < -0.3 is 20.5 Å². The van der Waals surface area contributed by atoms with Gasteiger partial charge in [0, 0.05) is 5.02 Å². The molecule has 1 atom stereocenters. The van der Waals surface area contributed by atoms with E-state index < -0.39 is 24.5 Å². The molecule has 138 valence electrons. The smallest absolute Gasteiger partial charge is 0.387 e. The Bertz CT molecular complexity index is 817. The van der Waals surface area contributed by atoms with E-state index in [0.29, 0.717) is 0 Å². The van der Waals surface area contributed by atoms with Gasteiger partial charge in [0.05, 0.1) is 11.3 Å². The highest BCUT2D eigenvalue weighted by Crippen LogP contribution is 2.27. The SMILES string of the molecule is CC(Oc1ccc(Cl)cc1C(N)=O)C(=O)Nc1ccccc1OC(F)F. The highest BCUT2D eigenvalue weighted by molar-refractivity contribution is 6.31. The number of hydrogen-bond acceptors (Lipinski definition) is 4. The number of rotatable bonds is 7. The number of nitrogens with one attached hydrogen (secondary N) is 1. The topological polar surface area (TPSA) is 90.7 Å². The Morgan fingerprint density at radius 2 is 1.81 bits per heavy atom. The first-order valence-corrected chi connectivity index (χ1v) is 7.76. The summed E-state index contributed by atoms with van der Waals surface area (Å²) in [6.45, 7) is -1.61. The number of halogens is 3. The van der Waals surface area contributed by atoms with E-state index in [1.807, 2.05) is 0 Å². The zero-order chi connectivity index (χ0) is 19.3. The molecular formula is C17H15ClF2N2O4. The molecule has 26 heavy (non-hydrogen) atoms. The Labute approximate surface area is 152 Å². The van der Waals surface area contributed by atoms with Gasteiger partial charge in [-0.15, -0.1) is 0 Å². The average Bonchev–Trinajstić information content (AvgIpc) is 2.57. The van der Waals surface area contributed by atoms with Crippen molar-refractivity contribution in [3.8, 4) is 11.5 Å². The lowest BCUT2D eigenvalue weighted by Gasteiger charge is -2.18. The summed E-state index contributed by atoms with van der Waals surface area (Å²) in [5.74, 6) is -1.53. The third-order valence-corrected chi connectivity index (χ3v) is 3.48. The molecule has 0 aromatic heterocycles. The highest BCUT2D eigenvalue weighted by atomic mass is 35.5. The molecule has 2 rings (SSSR count). The average molecular weight is 385 g/mol. The van der Waals surface area contributed by atoms with Crippen molar-refractivity contribution in [1.29, 1.82) is 0 Å². The molecule has 1 unspecified atom stereocenters. The Hall–Kier alpha value is -2.87. The lowest BCUT2D eigenvalue weighted by molar-refractivity contribution is -0.122. The lowest BCUT2D eigenvalue weighted by Crippen LogP contribution is -2.31. The van der Waals surface area contributed by atoms with E-state index in [1.165, 1.54) is 43.3 Å². The van der Waals surface area contributed by atoms with Crippen LogP contribution in [0, 0.1) is 0 Å². The number of carbonyl (C=O) groups excluding carboxylic acids is 2. The standard InChI is InChI=1S/C17H15ClF2N2O4/c1-9(25-13-7-6-10(18)8-11(13)15(21)23)16(24)22-12-4-2-3-5-14(12)26-17(19)20/h2-9,17H,1H3,(H2,21,23)(H,22,24). The summed E-state index contributed by atoms with van der Waals surface area (Å²) in [7, 11) is 0. The fourth-order valence-electron chi connectivity index (χ4n) is 2.04. The molecule has 0 bridgehead atoms. The number of para-hydroxylation sites is 2. The summed E-state index contributed by atoms with van der Waals surface area (Å²) in [5, 5.41) is 2.71. The van der Waals surface area contributed by atoms with Gasteiger partial charge in [-0.3, -0.25) is 9.59 Å². The molecule has 0 aliphatic heterocycles. The van der Waals surface area contributed by atoms with Gasteiger partial charge in [-0.05, 0) is 37.3 Å². The first kappa shape index (κ1) is 19.5. The number of ether oxygens (including phenoxy) is 2. The molecule has 0 aliphatic rings. The second-order valence-corrected chi connectivity index (χ2v) is 5.57. The van der Waals surface area contributed by atoms with Crippen LogP contribution in [0.1, 0.15) is 17.3 Å². The van der Waals surface area contributed by atoms with Gasteiger partial charge in [0.1, 0.15) is 11.5 Å². The van der Waals surface area contributed by atoms with Crippen molar-refractivity contribution in [2.75, 3.05) is 5.32 Å². The minimum Gasteiger partial charge on any atom is -0.480 e. The number of benzene rings is 2. The fraction of sp³-hybridized carbons (Fsp3) is 0.176. The maximum absolute atomic E-state index is 12.4. The number of carbonyl (C=O) groups is 2. The van der Waals surface area contributed by atoms with Crippen LogP contribution >= 0.6 is 11.6 Å². The van der Waals surface area contributed by atoms with Gasteiger partial charge in [0.2, 0.25) is 0 Å². The van der Waals surface area contributed by atoms with Gasteiger partial charge in [-0.25, -0.2) is 0 Å².